The van der Waals surface area contributed by atoms with E-state index in [0.29, 0.717) is 12.2 Å². The van der Waals surface area contributed by atoms with E-state index < -0.39 is 17.7 Å². The summed E-state index contributed by atoms with van der Waals surface area (Å²) in [6.45, 7) is 5.56. The molecule has 0 bridgehead atoms. The molecule has 1 amide bonds. The minimum Gasteiger partial charge on any atom is -0.486 e. The molecule has 1 aliphatic carbocycles. The van der Waals surface area contributed by atoms with E-state index in [1.165, 1.54) is 7.11 Å². The molecule has 2 saturated heterocycles. The Balaban J connectivity index is 1.81. The summed E-state index contributed by atoms with van der Waals surface area (Å²) in [7, 11) is 1.53. The van der Waals surface area contributed by atoms with E-state index in [1.54, 1.807) is 20.8 Å². The number of rotatable bonds is 5. The standard InChI is InChI=1S/C18H23N3O6/c1-7(2)27-15-8(3)13(22)12-11(14(15)23)9(6-26-17(19)24)18(25-4)16-10(20-16)5-21(12)18/h7,9-10,16,20H,5-6H2,1-4H3,(H2,19,24)/t9-,10+,16+,18-/m1/s1. The molecule has 0 aromatic rings. The van der Waals surface area contributed by atoms with Crippen molar-refractivity contribution in [3.63, 3.8) is 0 Å². The van der Waals surface area contributed by atoms with E-state index in [0.717, 1.165) is 0 Å². The number of allylic oxidation sites excluding steroid dienone is 2. The van der Waals surface area contributed by atoms with E-state index >= 15 is 0 Å². The van der Waals surface area contributed by atoms with Crippen LogP contribution in [0, 0.1) is 5.92 Å². The van der Waals surface area contributed by atoms with Gasteiger partial charge in [-0.2, -0.15) is 0 Å². The summed E-state index contributed by atoms with van der Waals surface area (Å²) < 4.78 is 16.6. The number of hydrogen-bond acceptors (Lipinski definition) is 8. The SMILES string of the molecule is CO[C@@]12[C@H](COC(N)=O)C3=C(C(=O)C(C)=C(OC(C)C)C3=O)N1C[C@@H]1N[C@@H]12. The van der Waals surface area contributed by atoms with Crippen LogP contribution >= 0.6 is 0 Å². The van der Waals surface area contributed by atoms with Gasteiger partial charge in [0.15, 0.2) is 11.5 Å². The normalized spacial score (nSPS) is 34.1. The van der Waals surface area contributed by atoms with Gasteiger partial charge in [-0.15, -0.1) is 0 Å². The molecule has 146 valence electrons. The molecule has 4 atom stereocenters. The molecule has 9 heteroatoms. The second-order valence-corrected chi connectivity index (χ2v) is 7.54. The highest BCUT2D eigenvalue weighted by atomic mass is 16.6. The summed E-state index contributed by atoms with van der Waals surface area (Å²) in [4.78, 5) is 39.5. The fourth-order valence-corrected chi connectivity index (χ4v) is 4.65. The molecular weight excluding hydrogens is 354 g/mol. The van der Waals surface area contributed by atoms with Gasteiger partial charge in [-0.1, -0.05) is 0 Å². The van der Waals surface area contributed by atoms with E-state index in [-0.39, 0.29) is 53.3 Å². The summed E-state index contributed by atoms with van der Waals surface area (Å²) in [5.74, 6) is -1.22. The lowest BCUT2D eigenvalue weighted by molar-refractivity contribution is -0.137. The number of carbonyl (C=O) groups excluding carboxylic acids is 3. The second kappa shape index (κ2) is 5.80. The predicted octanol–water partition coefficient (Wildman–Crippen LogP) is -0.185. The summed E-state index contributed by atoms with van der Waals surface area (Å²) in [6.07, 6.45) is -1.21. The van der Waals surface area contributed by atoms with E-state index in [9.17, 15) is 14.4 Å². The van der Waals surface area contributed by atoms with Crippen molar-refractivity contribution in [2.75, 3.05) is 20.3 Å². The van der Waals surface area contributed by atoms with Crippen molar-refractivity contribution in [2.45, 2.75) is 44.7 Å². The molecule has 9 nitrogen and oxygen atoms in total. The Hall–Kier alpha value is -2.39. The van der Waals surface area contributed by atoms with Crippen molar-refractivity contribution < 1.29 is 28.6 Å². The number of ether oxygens (including phenoxy) is 3. The van der Waals surface area contributed by atoms with Crippen LogP contribution < -0.4 is 11.1 Å². The molecule has 0 aromatic heterocycles. The van der Waals surface area contributed by atoms with Gasteiger partial charge in [-0.3, -0.25) is 9.59 Å². The molecule has 4 aliphatic rings. The van der Waals surface area contributed by atoms with Crippen molar-refractivity contribution in [1.29, 1.82) is 0 Å². The van der Waals surface area contributed by atoms with Gasteiger partial charge in [0.05, 0.1) is 23.8 Å². The van der Waals surface area contributed by atoms with Crippen LogP contribution in [0.15, 0.2) is 22.6 Å². The minimum absolute atomic E-state index is 0.0468. The van der Waals surface area contributed by atoms with Crippen molar-refractivity contribution in [1.82, 2.24) is 10.2 Å². The second-order valence-electron chi connectivity index (χ2n) is 7.54. The van der Waals surface area contributed by atoms with Crippen molar-refractivity contribution in [3.05, 3.63) is 22.6 Å². The third kappa shape index (κ3) is 2.28. The summed E-state index contributed by atoms with van der Waals surface area (Å²) in [6, 6.07) is 0.0977. The highest BCUT2D eigenvalue weighted by molar-refractivity contribution is 6.25. The Morgan fingerprint density at radius 2 is 2.07 bits per heavy atom. The van der Waals surface area contributed by atoms with Crippen LogP contribution in [0.25, 0.3) is 0 Å². The molecule has 0 aromatic carbocycles. The molecule has 3 aliphatic heterocycles. The van der Waals surface area contributed by atoms with Gasteiger partial charge in [0.25, 0.3) is 0 Å². The van der Waals surface area contributed by atoms with Gasteiger partial charge in [0.1, 0.15) is 6.61 Å². The zero-order chi connectivity index (χ0) is 19.7. The molecule has 2 fully saturated rings. The third-order valence-electron chi connectivity index (χ3n) is 5.73. The summed E-state index contributed by atoms with van der Waals surface area (Å²) in [5, 5.41) is 3.31. The lowest BCUT2D eigenvalue weighted by atomic mass is 9.83. The zero-order valence-corrected chi connectivity index (χ0v) is 15.7. The average Bonchev–Trinajstić information content (AvgIpc) is 3.21. The quantitative estimate of drug-likeness (QED) is 0.498. The van der Waals surface area contributed by atoms with Crippen molar-refractivity contribution in [2.24, 2.45) is 11.7 Å². The molecule has 0 saturated carbocycles. The fourth-order valence-electron chi connectivity index (χ4n) is 4.65. The van der Waals surface area contributed by atoms with Crippen LogP contribution in [0.5, 0.6) is 0 Å². The van der Waals surface area contributed by atoms with Gasteiger partial charge in [-0.05, 0) is 20.8 Å². The number of piperazine rings is 1. The maximum atomic E-state index is 13.3. The van der Waals surface area contributed by atoms with Crippen LogP contribution in [-0.2, 0) is 23.8 Å². The first-order valence-electron chi connectivity index (χ1n) is 8.96. The fraction of sp³-hybridized carbons (Fsp3) is 0.611. The maximum absolute atomic E-state index is 13.3. The van der Waals surface area contributed by atoms with E-state index in [1.807, 2.05) is 4.90 Å². The number of nitrogens with zero attached hydrogens (tertiary/aromatic N) is 1. The van der Waals surface area contributed by atoms with Crippen LogP contribution in [0.4, 0.5) is 4.79 Å². The van der Waals surface area contributed by atoms with Crippen LogP contribution in [-0.4, -0.2) is 66.7 Å². The Morgan fingerprint density at radius 1 is 1.37 bits per heavy atom. The smallest absolute Gasteiger partial charge is 0.404 e. The number of amides is 1. The predicted molar refractivity (Wildman–Crippen MR) is 92.1 cm³/mol. The number of nitrogens with two attached hydrogens (primary N) is 1. The first-order valence-corrected chi connectivity index (χ1v) is 8.96. The molecule has 3 heterocycles. The summed E-state index contributed by atoms with van der Waals surface area (Å²) >= 11 is 0. The van der Waals surface area contributed by atoms with Crippen molar-refractivity contribution in [3.8, 4) is 0 Å². The maximum Gasteiger partial charge on any atom is 0.404 e. The summed E-state index contributed by atoms with van der Waals surface area (Å²) in [5.41, 5.74) is 5.06. The van der Waals surface area contributed by atoms with Crippen LogP contribution in [0.2, 0.25) is 0 Å². The van der Waals surface area contributed by atoms with Crippen molar-refractivity contribution >= 4 is 17.7 Å². The lowest BCUT2D eigenvalue weighted by Crippen LogP contribution is -2.55. The lowest BCUT2D eigenvalue weighted by Gasteiger charge is -2.39. The highest BCUT2D eigenvalue weighted by Gasteiger charge is 2.72. The number of methoxy groups -OCH3 is 1. The van der Waals surface area contributed by atoms with Gasteiger partial charge in [-0.25, -0.2) is 4.79 Å². The molecule has 0 spiro atoms. The Morgan fingerprint density at radius 3 is 2.67 bits per heavy atom. The van der Waals surface area contributed by atoms with Gasteiger partial charge < -0.3 is 30.2 Å². The number of hydrogen-bond donors (Lipinski definition) is 2. The Bertz CT molecular complexity index is 816. The number of Topliss-reactive ketones (excluding diaryl/α,β-unsaturated/α-hetero) is 2. The molecule has 3 N–H and O–H groups in total. The first-order chi connectivity index (χ1) is 12.7. The zero-order valence-electron chi connectivity index (χ0n) is 15.7. The number of primary amides is 1. The first kappa shape index (κ1) is 18.0. The van der Waals surface area contributed by atoms with E-state index in [4.69, 9.17) is 19.9 Å². The van der Waals surface area contributed by atoms with Gasteiger partial charge >= 0.3 is 6.09 Å². The number of ketones is 2. The molecule has 4 rings (SSSR count). The third-order valence-corrected chi connectivity index (χ3v) is 5.73. The van der Waals surface area contributed by atoms with E-state index in [2.05, 4.69) is 5.32 Å². The minimum atomic E-state index is -0.969. The average molecular weight is 377 g/mol. The Kier molecular flexibility index (Phi) is 3.87. The number of fused-ring (bicyclic) bond motifs is 4. The largest absolute Gasteiger partial charge is 0.486 e. The Labute approximate surface area is 156 Å². The van der Waals surface area contributed by atoms with Crippen LogP contribution in [0.1, 0.15) is 20.8 Å². The monoisotopic (exact) mass is 377 g/mol. The number of carbonyl (C=O) groups is 3. The van der Waals surface area contributed by atoms with Gasteiger partial charge in [0, 0.05) is 30.8 Å². The van der Waals surface area contributed by atoms with Gasteiger partial charge in [0.2, 0.25) is 11.6 Å². The molecule has 27 heavy (non-hydrogen) atoms. The topological polar surface area (TPSA) is 130 Å². The molecule has 0 radical (unpaired) electrons. The highest BCUT2D eigenvalue weighted by Crippen LogP contribution is 2.55. The number of nitrogens with one attached hydrogen (secondary N) is 1. The molecular formula is C18H23N3O6. The molecule has 0 unspecified atom stereocenters. The van der Waals surface area contributed by atoms with Crippen LogP contribution in [0.3, 0.4) is 0 Å².